The molecule has 31 heavy (non-hydrogen) atoms. The Morgan fingerprint density at radius 3 is 2.06 bits per heavy atom. The van der Waals surface area contributed by atoms with Gasteiger partial charge in [-0.1, -0.05) is 0 Å². The van der Waals surface area contributed by atoms with E-state index < -0.39 is 28.5 Å². The lowest BCUT2D eigenvalue weighted by Crippen LogP contribution is -2.29. The Morgan fingerprint density at radius 1 is 1.00 bits per heavy atom. The second-order valence-corrected chi connectivity index (χ2v) is 9.31. The van der Waals surface area contributed by atoms with E-state index >= 15 is 0 Å². The normalized spacial score (nSPS) is 11.5. The summed E-state index contributed by atoms with van der Waals surface area (Å²) in [6.45, 7) is 10.5. The molecule has 2 N–H and O–H groups in total. The minimum absolute atomic E-state index is 0.130. The lowest BCUT2D eigenvalue weighted by atomic mass is 9.95. The monoisotopic (exact) mass is 450 g/mol. The maximum Gasteiger partial charge on any atom is 0.307 e. The van der Waals surface area contributed by atoms with Crippen molar-refractivity contribution in [3.8, 4) is 0 Å². The van der Waals surface area contributed by atoms with E-state index in [1.807, 2.05) is 20.8 Å². The van der Waals surface area contributed by atoms with E-state index in [2.05, 4.69) is 15.1 Å². The largest absolute Gasteiger partial charge is 0.456 e. The van der Waals surface area contributed by atoms with Gasteiger partial charge in [-0.3, -0.25) is 14.3 Å². The van der Waals surface area contributed by atoms with Crippen molar-refractivity contribution in [1.82, 2.24) is 14.5 Å². The van der Waals surface area contributed by atoms with Crippen molar-refractivity contribution in [2.45, 2.75) is 52.9 Å². The topological polar surface area (TPSA) is 119 Å². The van der Waals surface area contributed by atoms with Crippen LogP contribution in [-0.4, -0.2) is 43.2 Å². The van der Waals surface area contributed by atoms with Gasteiger partial charge in [0.15, 0.2) is 6.61 Å². The first-order valence-corrected chi connectivity index (χ1v) is 11.4. The van der Waals surface area contributed by atoms with E-state index in [-0.39, 0.29) is 17.9 Å². The van der Waals surface area contributed by atoms with Gasteiger partial charge in [0.2, 0.25) is 10.0 Å². The minimum Gasteiger partial charge on any atom is -0.456 e. The number of hydrogen-bond donors (Lipinski definition) is 2. The molecule has 0 atom stereocenters. The van der Waals surface area contributed by atoms with Crippen LogP contribution in [0.2, 0.25) is 0 Å². The highest BCUT2D eigenvalue weighted by atomic mass is 32.2. The zero-order valence-electron chi connectivity index (χ0n) is 19.0. The van der Waals surface area contributed by atoms with Gasteiger partial charge in [0.25, 0.3) is 5.91 Å². The molecule has 0 spiro atoms. The van der Waals surface area contributed by atoms with Crippen LogP contribution < -0.4 is 10.0 Å². The first kappa shape index (κ1) is 24.5. The molecule has 0 saturated carbocycles. The molecule has 1 amide bonds. The van der Waals surface area contributed by atoms with Crippen LogP contribution in [0.4, 0.5) is 5.82 Å². The fraction of sp³-hybridized carbons (Fsp3) is 0.476. The van der Waals surface area contributed by atoms with Crippen LogP contribution in [0.5, 0.6) is 0 Å². The molecule has 0 aliphatic carbocycles. The second-order valence-electron chi connectivity index (χ2n) is 7.61. The fourth-order valence-electron chi connectivity index (χ4n) is 3.35. The average Bonchev–Trinajstić information content (AvgIpc) is 2.99. The third kappa shape index (κ3) is 5.71. The molecule has 9 nitrogen and oxygen atoms in total. The summed E-state index contributed by atoms with van der Waals surface area (Å²) in [5.41, 5.74) is 5.05. The molecule has 1 aromatic heterocycles. The third-order valence-electron chi connectivity index (χ3n) is 5.45. The van der Waals surface area contributed by atoms with Crippen LogP contribution in [0.3, 0.4) is 0 Å². The van der Waals surface area contributed by atoms with Crippen LogP contribution in [0.25, 0.3) is 0 Å². The SMILES string of the molecule is Cc1cc(NC(=O)COC(=O)CCNS(=O)(=O)c2c(C)c(C)c(C)c(C)c2C)n(C)n1. The summed E-state index contributed by atoms with van der Waals surface area (Å²) in [5, 5.41) is 6.69. The summed E-state index contributed by atoms with van der Waals surface area (Å²) in [6, 6.07) is 1.69. The van der Waals surface area contributed by atoms with Gasteiger partial charge in [0.05, 0.1) is 17.0 Å². The summed E-state index contributed by atoms with van der Waals surface area (Å²) in [7, 11) is -2.12. The Morgan fingerprint density at radius 2 is 1.55 bits per heavy atom. The molecule has 2 rings (SSSR count). The molecular weight excluding hydrogens is 420 g/mol. The summed E-state index contributed by atoms with van der Waals surface area (Å²) >= 11 is 0. The summed E-state index contributed by atoms with van der Waals surface area (Å²) in [4.78, 5) is 24.1. The van der Waals surface area contributed by atoms with E-state index in [0.717, 1.165) is 22.4 Å². The van der Waals surface area contributed by atoms with Crippen LogP contribution in [0.1, 0.15) is 39.9 Å². The third-order valence-corrected chi connectivity index (χ3v) is 7.19. The molecule has 0 saturated heterocycles. The molecule has 0 aliphatic heterocycles. The number of carbonyl (C=O) groups excluding carboxylic acids is 2. The molecule has 0 radical (unpaired) electrons. The summed E-state index contributed by atoms with van der Waals surface area (Å²) < 4.78 is 34.6. The first-order chi connectivity index (χ1) is 14.3. The van der Waals surface area contributed by atoms with Gasteiger partial charge in [-0.25, -0.2) is 13.1 Å². The number of aromatic nitrogens is 2. The number of ether oxygens (including phenoxy) is 1. The van der Waals surface area contributed by atoms with Crippen molar-refractivity contribution in [3.05, 3.63) is 39.6 Å². The van der Waals surface area contributed by atoms with Crippen molar-refractivity contribution in [3.63, 3.8) is 0 Å². The smallest absolute Gasteiger partial charge is 0.307 e. The lowest BCUT2D eigenvalue weighted by molar-refractivity contribution is -0.147. The molecule has 0 bridgehead atoms. The zero-order valence-corrected chi connectivity index (χ0v) is 19.9. The van der Waals surface area contributed by atoms with Crippen LogP contribution in [-0.2, 0) is 31.4 Å². The van der Waals surface area contributed by atoms with E-state index in [1.54, 1.807) is 33.9 Å². The van der Waals surface area contributed by atoms with Crippen molar-refractivity contribution in [2.24, 2.45) is 7.05 Å². The van der Waals surface area contributed by atoms with Gasteiger partial charge in [0.1, 0.15) is 5.82 Å². The number of sulfonamides is 1. The number of anilines is 1. The Balaban J connectivity index is 1.91. The number of esters is 1. The number of nitrogens with one attached hydrogen (secondary N) is 2. The maximum absolute atomic E-state index is 12.8. The molecular formula is C21H30N4O5S. The number of benzene rings is 1. The van der Waals surface area contributed by atoms with Crippen LogP contribution in [0, 0.1) is 41.5 Å². The van der Waals surface area contributed by atoms with Gasteiger partial charge >= 0.3 is 5.97 Å². The van der Waals surface area contributed by atoms with E-state index in [4.69, 9.17) is 4.74 Å². The number of aryl methyl sites for hydroxylation is 2. The summed E-state index contributed by atoms with van der Waals surface area (Å²) in [6.07, 6.45) is -0.195. The Hall–Kier alpha value is -2.72. The number of hydrogen-bond acceptors (Lipinski definition) is 6. The Kier molecular flexibility index (Phi) is 7.61. The van der Waals surface area contributed by atoms with E-state index in [1.165, 1.54) is 4.68 Å². The highest BCUT2D eigenvalue weighted by Gasteiger charge is 2.23. The Labute approximate surface area is 183 Å². The van der Waals surface area contributed by atoms with Gasteiger partial charge in [-0.05, 0) is 69.4 Å². The fourth-order valence-corrected chi connectivity index (χ4v) is 4.98. The number of carbonyl (C=O) groups is 2. The molecule has 170 valence electrons. The average molecular weight is 451 g/mol. The van der Waals surface area contributed by atoms with Crippen LogP contribution >= 0.6 is 0 Å². The maximum atomic E-state index is 12.8. The zero-order chi connectivity index (χ0) is 23.5. The van der Waals surface area contributed by atoms with E-state index in [9.17, 15) is 18.0 Å². The first-order valence-electron chi connectivity index (χ1n) is 9.88. The van der Waals surface area contributed by atoms with Crippen molar-refractivity contribution >= 4 is 27.7 Å². The minimum atomic E-state index is -3.80. The molecule has 2 aromatic rings. The number of nitrogens with zero attached hydrogens (tertiary/aromatic N) is 2. The van der Waals surface area contributed by atoms with E-state index in [0.29, 0.717) is 16.9 Å². The molecule has 0 aliphatic rings. The van der Waals surface area contributed by atoms with Gasteiger partial charge in [-0.15, -0.1) is 0 Å². The summed E-state index contributed by atoms with van der Waals surface area (Å²) in [5.74, 6) is -0.696. The molecule has 0 unspecified atom stereocenters. The molecule has 0 fully saturated rings. The predicted molar refractivity (Wildman–Crippen MR) is 117 cm³/mol. The van der Waals surface area contributed by atoms with Crippen molar-refractivity contribution < 1.29 is 22.7 Å². The van der Waals surface area contributed by atoms with Crippen LogP contribution in [0.15, 0.2) is 11.0 Å². The van der Waals surface area contributed by atoms with Gasteiger partial charge < -0.3 is 10.1 Å². The number of amides is 1. The van der Waals surface area contributed by atoms with Gasteiger partial charge in [-0.2, -0.15) is 5.10 Å². The molecule has 10 heteroatoms. The lowest BCUT2D eigenvalue weighted by Gasteiger charge is -2.19. The highest BCUT2D eigenvalue weighted by Crippen LogP contribution is 2.29. The molecule has 1 aromatic carbocycles. The van der Waals surface area contributed by atoms with Crippen molar-refractivity contribution in [1.29, 1.82) is 0 Å². The highest BCUT2D eigenvalue weighted by molar-refractivity contribution is 7.89. The quantitative estimate of drug-likeness (QED) is 0.595. The predicted octanol–water partition coefficient (Wildman–Crippen LogP) is 2.12. The molecule has 1 heterocycles. The second kappa shape index (κ2) is 9.61. The standard InChI is InChI=1S/C21H30N4O5S/c1-12-10-18(25(7)24-12)23-19(26)11-30-20(27)8-9-22-31(28,29)21-16(5)14(3)13(2)15(4)17(21)6/h10,22H,8-9,11H2,1-7H3,(H,23,26). The van der Waals surface area contributed by atoms with Crippen molar-refractivity contribution in [2.75, 3.05) is 18.5 Å². The number of rotatable bonds is 8. The Bertz CT molecular complexity index is 1090. The van der Waals surface area contributed by atoms with Gasteiger partial charge in [0, 0.05) is 19.7 Å².